The Balaban J connectivity index is 1.90. The maximum atomic E-state index is 12.5. The minimum absolute atomic E-state index is 0.0261. The zero-order valence-corrected chi connectivity index (χ0v) is 27.9. The highest BCUT2D eigenvalue weighted by Crippen LogP contribution is 2.51. The van der Waals surface area contributed by atoms with Gasteiger partial charge < -0.3 is 26.8 Å². The van der Waals surface area contributed by atoms with E-state index in [1.165, 1.54) is 62.9 Å². The Bertz CT molecular complexity index is 2070. The number of hydrogen-bond donors (Lipinski definition) is 0. The van der Waals surface area contributed by atoms with Crippen molar-refractivity contribution in [1.29, 1.82) is 0 Å². The van der Waals surface area contributed by atoms with Crippen molar-refractivity contribution in [3.05, 3.63) is 72.3 Å². The largest absolute Gasteiger partial charge is 0.496 e. The molecule has 1 heterocycles. The highest BCUT2D eigenvalue weighted by Gasteiger charge is 2.27. The minimum atomic E-state index is -4.17. The van der Waals surface area contributed by atoms with Crippen molar-refractivity contribution >= 4 is 30.4 Å². The summed E-state index contributed by atoms with van der Waals surface area (Å²) in [6.45, 7) is 1.72. The fourth-order valence-electron chi connectivity index (χ4n) is 4.22. The molecule has 46 heavy (non-hydrogen) atoms. The SMILES string of the molecule is COc1cc(-c2ccc(OS(C)(=O)=O)cc2)c(OC)c(OS(C)(=O)=O)c1-c1ccc(OCc2cnc(C)cn2)c(OS(C)(=O)=O)c1. The summed E-state index contributed by atoms with van der Waals surface area (Å²) in [5.41, 5.74) is 2.26. The van der Waals surface area contributed by atoms with Gasteiger partial charge in [0, 0.05) is 11.8 Å². The normalized spacial score (nSPS) is 11.9. The number of rotatable bonds is 13. The van der Waals surface area contributed by atoms with E-state index in [-0.39, 0.29) is 52.2 Å². The smallest absolute Gasteiger partial charge is 0.306 e. The van der Waals surface area contributed by atoms with E-state index in [9.17, 15) is 25.3 Å². The Labute approximate surface area is 267 Å². The standard InChI is InChI=1S/C29H30N2O12S3/c1-18-15-31-21(16-30-18)17-40-24-12-9-20(13-25(24)42-45(5,34)35)27-26(38-2)14-23(28(39-3)29(27)43-46(6,36)37)19-7-10-22(11-8-19)41-44(4,32)33/h7-16H,17H2,1-6H3. The first kappa shape index (κ1) is 34.3. The second-order valence-corrected chi connectivity index (χ2v) is 14.6. The monoisotopic (exact) mass is 694 g/mol. The fourth-order valence-corrected chi connectivity index (χ4v) is 5.60. The highest BCUT2D eigenvalue weighted by molar-refractivity contribution is 7.86. The van der Waals surface area contributed by atoms with E-state index in [4.69, 9.17) is 26.8 Å². The number of methoxy groups -OCH3 is 2. The van der Waals surface area contributed by atoms with Crippen LogP contribution in [0, 0.1) is 6.92 Å². The Morgan fingerprint density at radius 2 is 1.26 bits per heavy atom. The van der Waals surface area contributed by atoms with Crippen molar-refractivity contribution in [1.82, 2.24) is 9.97 Å². The lowest BCUT2D eigenvalue weighted by Crippen LogP contribution is -2.10. The summed E-state index contributed by atoms with van der Waals surface area (Å²) in [5, 5.41) is 0. The zero-order chi connectivity index (χ0) is 33.9. The Hall–Kier alpha value is -4.61. The molecule has 246 valence electrons. The van der Waals surface area contributed by atoms with E-state index in [0.29, 0.717) is 22.5 Å². The van der Waals surface area contributed by atoms with Gasteiger partial charge in [-0.05, 0) is 48.4 Å². The molecule has 0 amide bonds. The van der Waals surface area contributed by atoms with Gasteiger partial charge >= 0.3 is 30.4 Å². The van der Waals surface area contributed by atoms with Gasteiger partial charge in [-0.15, -0.1) is 0 Å². The first-order valence-electron chi connectivity index (χ1n) is 13.1. The molecule has 0 N–H and O–H groups in total. The van der Waals surface area contributed by atoms with Crippen molar-refractivity contribution in [2.24, 2.45) is 0 Å². The molecule has 0 fully saturated rings. The second kappa shape index (κ2) is 13.4. The summed E-state index contributed by atoms with van der Waals surface area (Å²) in [6, 6.07) is 11.7. The third-order valence-electron chi connectivity index (χ3n) is 5.95. The molecule has 0 spiro atoms. The van der Waals surface area contributed by atoms with Crippen LogP contribution in [0.5, 0.6) is 34.5 Å². The van der Waals surface area contributed by atoms with Gasteiger partial charge in [-0.3, -0.25) is 9.97 Å². The molecule has 17 heteroatoms. The second-order valence-electron chi connectivity index (χ2n) is 9.85. The predicted molar refractivity (Wildman–Crippen MR) is 168 cm³/mol. The van der Waals surface area contributed by atoms with Crippen LogP contribution in [-0.4, -0.2) is 68.2 Å². The topological polar surface area (TPSA) is 184 Å². The number of aryl methyl sites for hydroxylation is 1. The quantitative estimate of drug-likeness (QED) is 0.184. The third kappa shape index (κ3) is 8.98. The molecule has 0 saturated heterocycles. The molecular weight excluding hydrogens is 665 g/mol. The van der Waals surface area contributed by atoms with E-state index in [1.807, 2.05) is 0 Å². The van der Waals surface area contributed by atoms with Crippen LogP contribution in [0.15, 0.2) is 60.9 Å². The highest BCUT2D eigenvalue weighted by atomic mass is 32.2. The van der Waals surface area contributed by atoms with Gasteiger partial charge in [-0.2, -0.15) is 25.3 Å². The number of ether oxygens (including phenoxy) is 3. The molecule has 14 nitrogen and oxygen atoms in total. The van der Waals surface area contributed by atoms with E-state index in [0.717, 1.165) is 18.8 Å². The molecule has 0 saturated carbocycles. The average molecular weight is 695 g/mol. The number of benzene rings is 3. The molecule has 0 unspecified atom stereocenters. The maximum absolute atomic E-state index is 12.5. The van der Waals surface area contributed by atoms with Crippen LogP contribution in [0.25, 0.3) is 22.3 Å². The molecule has 0 aliphatic carbocycles. The lowest BCUT2D eigenvalue weighted by Gasteiger charge is -2.21. The van der Waals surface area contributed by atoms with E-state index >= 15 is 0 Å². The van der Waals surface area contributed by atoms with Crippen LogP contribution < -0.4 is 26.8 Å². The molecule has 4 rings (SSSR count). The summed E-state index contributed by atoms with van der Waals surface area (Å²) >= 11 is 0. The number of hydrogen-bond acceptors (Lipinski definition) is 14. The van der Waals surface area contributed by atoms with Crippen molar-refractivity contribution in [2.45, 2.75) is 13.5 Å². The Morgan fingerprint density at radius 1 is 0.630 bits per heavy atom. The van der Waals surface area contributed by atoms with Gasteiger partial charge in [-0.1, -0.05) is 18.2 Å². The maximum Gasteiger partial charge on any atom is 0.306 e. The van der Waals surface area contributed by atoms with Gasteiger partial charge in [0.05, 0.1) is 56.1 Å². The predicted octanol–water partition coefficient (Wildman–Crippen LogP) is 3.73. The van der Waals surface area contributed by atoms with Crippen LogP contribution in [0.1, 0.15) is 11.4 Å². The fraction of sp³-hybridized carbons (Fsp3) is 0.241. The average Bonchev–Trinajstić information content (AvgIpc) is 2.95. The molecule has 0 bridgehead atoms. The minimum Gasteiger partial charge on any atom is -0.496 e. The molecule has 1 aromatic heterocycles. The summed E-state index contributed by atoms with van der Waals surface area (Å²) in [4.78, 5) is 8.38. The number of nitrogens with zero attached hydrogens (tertiary/aromatic N) is 2. The van der Waals surface area contributed by atoms with Crippen LogP contribution in [0.4, 0.5) is 0 Å². The molecule has 0 aliphatic heterocycles. The molecule has 0 atom stereocenters. The molecule has 0 aliphatic rings. The van der Waals surface area contributed by atoms with Gasteiger partial charge in [0.25, 0.3) is 0 Å². The van der Waals surface area contributed by atoms with Gasteiger partial charge in [-0.25, -0.2) is 0 Å². The zero-order valence-electron chi connectivity index (χ0n) is 25.5. The van der Waals surface area contributed by atoms with E-state index in [2.05, 4.69) is 9.97 Å². The van der Waals surface area contributed by atoms with E-state index in [1.54, 1.807) is 19.2 Å². The third-order valence-corrected chi connectivity index (χ3v) is 7.40. The Morgan fingerprint density at radius 3 is 1.80 bits per heavy atom. The summed E-state index contributed by atoms with van der Waals surface area (Å²) in [7, 11) is -9.35. The summed E-state index contributed by atoms with van der Waals surface area (Å²) < 4.78 is 105. The molecule has 0 radical (unpaired) electrons. The van der Waals surface area contributed by atoms with Crippen LogP contribution in [-0.2, 0) is 37.0 Å². The van der Waals surface area contributed by atoms with Crippen molar-refractivity contribution in [3.8, 4) is 56.8 Å². The van der Waals surface area contributed by atoms with Crippen LogP contribution in [0.3, 0.4) is 0 Å². The van der Waals surface area contributed by atoms with Gasteiger partial charge in [0.1, 0.15) is 18.1 Å². The first-order valence-corrected chi connectivity index (χ1v) is 18.5. The Kier molecular flexibility index (Phi) is 9.98. The van der Waals surface area contributed by atoms with Gasteiger partial charge in [0.2, 0.25) is 0 Å². The molecular formula is C29H30N2O12S3. The van der Waals surface area contributed by atoms with Crippen molar-refractivity contribution in [3.63, 3.8) is 0 Å². The number of aromatic nitrogens is 2. The van der Waals surface area contributed by atoms with Crippen molar-refractivity contribution < 1.29 is 52.0 Å². The van der Waals surface area contributed by atoms with Crippen molar-refractivity contribution in [2.75, 3.05) is 33.0 Å². The van der Waals surface area contributed by atoms with Crippen LogP contribution >= 0.6 is 0 Å². The lowest BCUT2D eigenvalue weighted by atomic mass is 9.96. The molecule has 4 aromatic rings. The van der Waals surface area contributed by atoms with Gasteiger partial charge in [0.15, 0.2) is 23.0 Å². The first-order chi connectivity index (χ1) is 21.5. The summed E-state index contributed by atoms with van der Waals surface area (Å²) in [6.07, 6.45) is 5.68. The summed E-state index contributed by atoms with van der Waals surface area (Å²) in [5.74, 6) is -0.305. The lowest BCUT2D eigenvalue weighted by molar-refractivity contribution is 0.291. The molecule has 3 aromatic carbocycles. The van der Waals surface area contributed by atoms with E-state index < -0.39 is 30.4 Å². The van der Waals surface area contributed by atoms with Crippen LogP contribution in [0.2, 0.25) is 0 Å².